The molecule has 0 spiro atoms. The summed E-state index contributed by atoms with van der Waals surface area (Å²) in [6.07, 6.45) is 0. The maximum Gasteiger partial charge on any atom is 0.164 e. The Balaban J connectivity index is 1.12. The lowest BCUT2D eigenvalue weighted by Gasteiger charge is -2.12. The Labute approximate surface area is 326 Å². The number of rotatable bonds is 5. The van der Waals surface area contributed by atoms with Crippen LogP contribution >= 0.6 is 0 Å². The van der Waals surface area contributed by atoms with Crippen molar-refractivity contribution in [1.82, 2.24) is 24.1 Å². The molecule has 0 aliphatic rings. The Kier molecular flexibility index (Phi) is 6.83. The summed E-state index contributed by atoms with van der Waals surface area (Å²) in [6.45, 7) is 0. The summed E-state index contributed by atoms with van der Waals surface area (Å²) in [7, 11) is 0. The molecule has 0 amide bonds. The van der Waals surface area contributed by atoms with E-state index in [0.717, 1.165) is 66.6 Å². The normalized spacial score (nSPS) is 11.9. The second-order valence-corrected chi connectivity index (χ2v) is 14.4. The fourth-order valence-corrected chi connectivity index (χ4v) is 8.63. The summed E-state index contributed by atoms with van der Waals surface area (Å²) in [5, 5.41) is 6.87. The van der Waals surface area contributed by atoms with Crippen molar-refractivity contribution in [1.29, 1.82) is 0 Å². The Hall–Kier alpha value is -7.83. The van der Waals surface area contributed by atoms with Crippen molar-refractivity contribution >= 4 is 65.6 Å². The number of nitrogens with zero attached hydrogens (tertiary/aromatic N) is 5. The zero-order valence-corrected chi connectivity index (χ0v) is 30.5. The van der Waals surface area contributed by atoms with E-state index in [0.29, 0.717) is 17.5 Å². The number of para-hydroxylation sites is 4. The van der Waals surface area contributed by atoms with Crippen LogP contribution in [-0.4, -0.2) is 24.1 Å². The Morgan fingerprint density at radius 2 is 0.842 bits per heavy atom. The van der Waals surface area contributed by atoms with Gasteiger partial charge in [0.15, 0.2) is 23.1 Å². The van der Waals surface area contributed by atoms with E-state index < -0.39 is 0 Å². The predicted molar refractivity (Wildman–Crippen MR) is 232 cm³/mol. The van der Waals surface area contributed by atoms with E-state index in [4.69, 9.17) is 19.4 Å². The minimum absolute atomic E-state index is 0.587. The molecular weight excluding hydrogens is 699 g/mol. The van der Waals surface area contributed by atoms with E-state index >= 15 is 0 Å². The van der Waals surface area contributed by atoms with Gasteiger partial charge < -0.3 is 13.6 Å². The number of fused-ring (bicyclic) bond motifs is 10. The third-order valence-electron chi connectivity index (χ3n) is 11.2. The van der Waals surface area contributed by atoms with Gasteiger partial charge in [-0.15, -0.1) is 0 Å². The van der Waals surface area contributed by atoms with Gasteiger partial charge in [-0.2, -0.15) is 0 Å². The molecule has 8 aromatic carbocycles. The molecule has 0 radical (unpaired) electrons. The van der Waals surface area contributed by atoms with Gasteiger partial charge in [-0.1, -0.05) is 146 Å². The van der Waals surface area contributed by atoms with Crippen LogP contribution < -0.4 is 0 Å². The van der Waals surface area contributed by atoms with E-state index in [9.17, 15) is 0 Å². The third kappa shape index (κ3) is 4.81. The molecule has 0 fully saturated rings. The second-order valence-electron chi connectivity index (χ2n) is 14.4. The van der Waals surface area contributed by atoms with Crippen molar-refractivity contribution < 1.29 is 4.42 Å². The first-order valence-corrected chi connectivity index (χ1v) is 19.1. The minimum atomic E-state index is 0.587. The number of furan rings is 1. The molecule has 0 aliphatic heterocycles. The molecule has 57 heavy (non-hydrogen) atoms. The van der Waals surface area contributed by atoms with Crippen molar-refractivity contribution in [3.05, 3.63) is 188 Å². The molecule has 4 aromatic heterocycles. The fourth-order valence-electron chi connectivity index (χ4n) is 8.63. The molecule has 6 heteroatoms. The van der Waals surface area contributed by atoms with Gasteiger partial charge in [0.25, 0.3) is 0 Å². The molecule has 12 rings (SSSR count). The van der Waals surface area contributed by atoms with Crippen molar-refractivity contribution in [2.24, 2.45) is 0 Å². The van der Waals surface area contributed by atoms with Gasteiger partial charge in [-0.3, -0.25) is 0 Å². The molecule has 0 bridgehead atoms. The highest BCUT2D eigenvalue weighted by atomic mass is 16.3. The Morgan fingerprint density at radius 1 is 0.351 bits per heavy atom. The highest BCUT2D eigenvalue weighted by molar-refractivity contribution is 6.24. The van der Waals surface area contributed by atoms with Gasteiger partial charge in [0.2, 0.25) is 0 Å². The minimum Gasteiger partial charge on any atom is -0.454 e. The molecule has 0 atom stereocenters. The predicted octanol–water partition coefficient (Wildman–Crippen LogP) is 13.0. The standard InChI is InChI=1S/C51H31N5O/c1-4-15-32(16-5-1)49-52-50(33-17-6-2-7-18-33)54-51(53-49)34-27-28-38-41-23-14-26-44(48(41)57-45(38)31-34)56-43-25-13-11-22-37(43)40-30-29-39-36-21-10-12-24-42(36)55(46(39)47(40)56)35-19-8-3-9-20-35/h1-31H. The number of hydrogen-bond donors (Lipinski definition) is 0. The van der Waals surface area contributed by atoms with Crippen LogP contribution in [0.3, 0.4) is 0 Å². The van der Waals surface area contributed by atoms with Gasteiger partial charge in [0.05, 0.1) is 27.8 Å². The molecule has 6 nitrogen and oxygen atoms in total. The average Bonchev–Trinajstić information content (AvgIpc) is 3.95. The maximum absolute atomic E-state index is 6.98. The van der Waals surface area contributed by atoms with Gasteiger partial charge in [-0.25, -0.2) is 15.0 Å². The summed E-state index contributed by atoms with van der Waals surface area (Å²) in [5.41, 5.74) is 11.0. The summed E-state index contributed by atoms with van der Waals surface area (Å²) in [5.74, 6) is 1.83. The van der Waals surface area contributed by atoms with Crippen LogP contribution in [0.15, 0.2) is 192 Å². The molecule has 0 unspecified atom stereocenters. The summed E-state index contributed by atoms with van der Waals surface area (Å²) in [4.78, 5) is 14.9. The van der Waals surface area contributed by atoms with Crippen molar-refractivity contribution in [3.63, 3.8) is 0 Å². The Morgan fingerprint density at radius 3 is 1.47 bits per heavy atom. The first kappa shape index (κ1) is 31.5. The first-order valence-electron chi connectivity index (χ1n) is 19.1. The monoisotopic (exact) mass is 729 g/mol. The van der Waals surface area contributed by atoms with Crippen LogP contribution in [0.5, 0.6) is 0 Å². The first-order chi connectivity index (χ1) is 28.3. The molecule has 12 aromatic rings. The van der Waals surface area contributed by atoms with Crippen molar-refractivity contribution in [2.75, 3.05) is 0 Å². The molecule has 266 valence electrons. The molecule has 0 saturated carbocycles. The average molecular weight is 730 g/mol. The van der Waals surface area contributed by atoms with Gasteiger partial charge in [0.1, 0.15) is 5.58 Å². The van der Waals surface area contributed by atoms with Crippen LogP contribution in [0, 0.1) is 0 Å². The van der Waals surface area contributed by atoms with Crippen LogP contribution in [0.4, 0.5) is 0 Å². The smallest absolute Gasteiger partial charge is 0.164 e. The van der Waals surface area contributed by atoms with Crippen LogP contribution in [0.1, 0.15) is 0 Å². The quantitative estimate of drug-likeness (QED) is 0.177. The van der Waals surface area contributed by atoms with Gasteiger partial charge >= 0.3 is 0 Å². The number of benzene rings is 8. The van der Waals surface area contributed by atoms with Crippen molar-refractivity contribution in [2.45, 2.75) is 0 Å². The summed E-state index contributed by atoms with van der Waals surface area (Å²) >= 11 is 0. The second kappa shape index (κ2) is 12.3. The van der Waals surface area contributed by atoms with E-state index in [2.05, 4.69) is 137 Å². The topological polar surface area (TPSA) is 61.7 Å². The fraction of sp³-hybridized carbons (Fsp3) is 0. The molecular formula is C51H31N5O. The highest BCUT2D eigenvalue weighted by Gasteiger charge is 2.23. The molecule has 0 saturated heterocycles. The molecule has 0 aliphatic carbocycles. The van der Waals surface area contributed by atoms with Gasteiger partial charge in [0, 0.05) is 54.7 Å². The van der Waals surface area contributed by atoms with Crippen molar-refractivity contribution in [3.8, 4) is 45.5 Å². The van der Waals surface area contributed by atoms with Gasteiger partial charge in [-0.05, 0) is 42.5 Å². The zero-order valence-electron chi connectivity index (χ0n) is 30.5. The Bertz CT molecular complexity index is 3450. The zero-order chi connectivity index (χ0) is 37.5. The largest absolute Gasteiger partial charge is 0.454 e. The van der Waals surface area contributed by atoms with Crippen LogP contribution in [-0.2, 0) is 0 Å². The SMILES string of the molecule is c1ccc(-c2nc(-c3ccccc3)nc(-c3ccc4c(c3)oc3c(-n5c6ccccc6c6ccc7c8ccccc8n(-c8ccccc8)c7c65)cccc34)n2)cc1. The molecule has 4 heterocycles. The highest BCUT2D eigenvalue weighted by Crippen LogP contribution is 2.44. The summed E-state index contributed by atoms with van der Waals surface area (Å²) < 4.78 is 11.8. The molecule has 0 N–H and O–H groups in total. The lowest BCUT2D eigenvalue weighted by molar-refractivity contribution is 0.666. The maximum atomic E-state index is 6.98. The summed E-state index contributed by atoms with van der Waals surface area (Å²) in [6, 6.07) is 65.5. The lowest BCUT2D eigenvalue weighted by atomic mass is 10.1. The number of hydrogen-bond acceptors (Lipinski definition) is 4. The van der Waals surface area contributed by atoms with E-state index in [1.165, 1.54) is 27.1 Å². The number of aromatic nitrogens is 5. The van der Waals surface area contributed by atoms with E-state index in [1.807, 2.05) is 60.7 Å². The van der Waals surface area contributed by atoms with E-state index in [-0.39, 0.29) is 0 Å². The lowest BCUT2D eigenvalue weighted by Crippen LogP contribution is -2.00. The van der Waals surface area contributed by atoms with Crippen LogP contribution in [0.25, 0.3) is 111 Å². The van der Waals surface area contributed by atoms with E-state index in [1.54, 1.807) is 0 Å². The van der Waals surface area contributed by atoms with Crippen LogP contribution in [0.2, 0.25) is 0 Å². The third-order valence-corrected chi connectivity index (χ3v) is 11.2.